The summed E-state index contributed by atoms with van der Waals surface area (Å²) in [5.41, 5.74) is 14.7. The minimum atomic E-state index is -0.101. The molecule has 1 aliphatic carbocycles. The molecule has 10 rings (SSSR count). The molecule has 0 bridgehead atoms. The van der Waals surface area contributed by atoms with Crippen LogP contribution in [0, 0.1) is 0 Å². The minimum absolute atomic E-state index is 0.101. The monoisotopic (exact) mass is 613 g/mol. The van der Waals surface area contributed by atoms with E-state index in [1.807, 2.05) is 0 Å². The van der Waals surface area contributed by atoms with E-state index in [1.54, 1.807) is 0 Å². The van der Waals surface area contributed by atoms with Gasteiger partial charge in [-0.15, -0.1) is 0 Å². The molecule has 8 aromatic rings. The van der Waals surface area contributed by atoms with E-state index in [0.717, 1.165) is 12.8 Å². The zero-order chi connectivity index (χ0) is 32.0. The molecule has 0 saturated heterocycles. The Balaban J connectivity index is 1.36. The quantitative estimate of drug-likeness (QED) is 0.175. The molecule has 228 valence electrons. The summed E-state index contributed by atoms with van der Waals surface area (Å²) in [5, 5.41) is 7.73. The molecule has 1 aliphatic heterocycles. The fourth-order valence-corrected chi connectivity index (χ4v) is 8.91. The first-order chi connectivity index (χ1) is 23.6. The summed E-state index contributed by atoms with van der Waals surface area (Å²) >= 11 is 0. The van der Waals surface area contributed by atoms with Crippen LogP contribution in [0.4, 0.5) is 17.1 Å². The van der Waals surface area contributed by atoms with Gasteiger partial charge in [0.05, 0.1) is 5.69 Å². The number of anilines is 3. The van der Waals surface area contributed by atoms with E-state index < -0.39 is 0 Å². The lowest BCUT2D eigenvalue weighted by atomic mass is 9.79. The van der Waals surface area contributed by atoms with Crippen LogP contribution in [0.2, 0.25) is 0 Å². The first-order valence-electron chi connectivity index (χ1n) is 17.2. The zero-order valence-corrected chi connectivity index (χ0v) is 27.3. The third-order valence-corrected chi connectivity index (χ3v) is 11.1. The Morgan fingerprint density at radius 1 is 0.417 bits per heavy atom. The molecule has 8 aromatic carbocycles. The second kappa shape index (κ2) is 10.2. The SMILES string of the molecule is CC1(C)c2ccccc2-c2c1cc(-c1c3ccccc3c(N3c4ccccc4CCc4ccccc43)c3ccccc13)c1ccccc21. The average Bonchev–Trinajstić information content (AvgIpc) is 3.25. The van der Waals surface area contributed by atoms with Gasteiger partial charge >= 0.3 is 0 Å². The minimum Gasteiger partial charge on any atom is -0.309 e. The lowest BCUT2D eigenvalue weighted by Crippen LogP contribution is -2.15. The molecule has 0 saturated carbocycles. The number of aryl methyl sites for hydroxylation is 2. The summed E-state index contributed by atoms with van der Waals surface area (Å²) in [6.45, 7) is 4.79. The number of hydrogen-bond acceptors (Lipinski definition) is 1. The van der Waals surface area contributed by atoms with E-state index in [0.29, 0.717) is 0 Å². The van der Waals surface area contributed by atoms with Crippen molar-refractivity contribution < 1.29 is 0 Å². The van der Waals surface area contributed by atoms with Crippen molar-refractivity contribution in [2.75, 3.05) is 4.90 Å². The normalized spacial score (nSPS) is 14.4. The number of para-hydroxylation sites is 2. The molecule has 0 fully saturated rings. The molecule has 0 N–H and O–H groups in total. The van der Waals surface area contributed by atoms with E-state index >= 15 is 0 Å². The van der Waals surface area contributed by atoms with Crippen molar-refractivity contribution in [3.8, 4) is 22.3 Å². The molecule has 0 aromatic heterocycles. The molecule has 2 aliphatic rings. The predicted octanol–water partition coefficient (Wildman–Crippen LogP) is 12.7. The van der Waals surface area contributed by atoms with Gasteiger partial charge in [-0.2, -0.15) is 0 Å². The Morgan fingerprint density at radius 3 is 1.48 bits per heavy atom. The van der Waals surface area contributed by atoms with Crippen molar-refractivity contribution in [1.82, 2.24) is 0 Å². The molecular weight excluding hydrogens is 579 g/mol. The highest BCUT2D eigenvalue weighted by Crippen LogP contribution is 2.55. The van der Waals surface area contributed by atoms with Crippen molar-refractivity contribution in [3.05, 3.63) is 174 Å². The summed E-state index contributed by atoms with van der Waals surface area (Å²) < 4.78 is 0. The largest absolute Gasteiger partial charge is 0.309 e. The van der Waals surface area contributed by atoms with E-state index in [4.69, 9.17) is 0 Å². The number of rotatable bonds is 2. The van der Waals surface area contributed by atoms with Crippen LogP contribution in [-0.4, -0.2) is 0 Å². The predicted molar refractivity (Wildman–Crippen MR) is 204 cm³/mol. The van der Waals surface area contributed by atoms with Gasteiger partial charge in [0.1, 0.15) is 0 Å². The summed E-state index contributed by atoms with van der Waals surface area (Å²) in [7, 11) is 0. The van der Waals surface area contributed by atoms with Crippen LogP contribution < -0.4 is 4.90 Å². The third-order valence-electron chi connectivity index (χ3n) is 11.1. The molecular formula is C47H35N. The summed E-state index contributed by atoms with van der Waals surface area (Å²) in [4.78, 5) is 2.56. The van der Waals surface area contributed by atoms with Gasteiger partial charge in [-0.25, -0.2) is 0 Å². The fraction of sp³-hybridized carbons (Fsp3) is 0.106. The fourth-order valence-electron chi connectivity index (χ4n) is 8.91. The van der Waals surface area contributed by atoms with Crippen molar-refractivity contribution in [3.63, 3.8) is 0 Å². The van der Waals surface area contributed by atoms with Crippen LogP contribution in [0.3, 0.4) is 0 Å². The smallest absolute Gasteiger partial charge is 0.0619 e. The van der Waals surface area contributed by atoms with Crippen LogP contribution in [0.1, 0.15) is 36.1 Å². The van der Waals surface area contributed by atoms with Gasteiger partial charge in [-0.05, 0) is 97.1 Å². The second-order valence-electron chi connectivity index (χ2n) is 14.0. The number of hydrogen-bond donors (Lipinski definition) is 0. The maximum Gasteiger partial charge on any atom is 0.0619 e. The lowest BCUT2D eigenvalue weighted by molar-refractivity contribution is 0.661. The highest BCUT2D eigenvalue weighted by molar-refractivity contribution is 6.25. The Hall–Kier alpha value is -5.66. The van der Waals surface area contributed by atoms with Gasteiger partial charge in [0.25, 0.3) is 0 Å². The first-order valence-corrected chi connectivity index (χ1v) is 17.2. The van der Waals surface area contributed by atoms with Crippen LogP contribution in [0.15, 0.2) is 152 Å². The Morgan fingerprint density at radius 2 is 0.875 bits per heavy atom. The van der Waals surface area contributed by atoms with E-state index in [9.17, 15) is 0 Å². The summed E-state index contributed by atoms with van der Waals surface area (Å²) in [5.74, 6) is 0. The Bertz CT molecular complexity index is 2500. The van der Waals surface area contributed by atoms with Gasteiger partial charge in [-0.1, -0.05) is 147 Å². The topological polar surface area (TPSA) is 3.24 Å². The van der Waals surface area contributed by atoms with Gasteiger partial charge in [0.2, 0.25) is 0 Å². The molecule has 0 spiro atoms. The number of nitrogens with zero attached hydrogens (tertiary/aromatic N) is 1. The van der Waals surface area contributed by atoms with Crippen molar-refractivity contribution >= 4 is 49.4 Å². The maximum absolute atomic E-state index is 2.56. The Labute approximate surface area is 281 Å². The van der Waals surface area contributed by atoms with Crippen molar-refractivity contribution in [1.29, 1.82) is 0 Å². The van der Waals surface area contributed by atoms with Crippen molar-refractivity contribution in [2.45, 2.75) is 32.1 Å². The molecule has 0 unspecified atom stereocenters. The molecule has 1 heteroatoms. The molecule has 48 heavy (non-hydrogen) atoms. The number of fused-ring (bicyclic) bond motifs is 9. The average molecular weight is 614 g/mol. The molecule has 0 amide bonds. The van der Waals surface area contributed by atoms with E-state index in [1.165, 1.54) is 93.9 Å². The van der Waals surface area contributed by atoms with Gasteiger partial charge in [0.15, 0.2) is 0 Å². The molecule has 0 radical (unpaired) electrons. The molecule has 1 nitrogen and oxygen atoms in total. The van der Waals surface area contributed by atoms with Gasteiger partial charge in [0, 0.05) is 27.6 Å². The summed E-state index contributed by atoms with van der Waals surface area (Å²) in [6, 6.07) is 56.8. The third kappa shape index (κ3) is 3.73. The lowest BCUT2D eigenvalue weighted by Gasteiger charge is -2.31. The molecule has 0 atom stereocenters. The number of benzene rings is 8. The highest BCUT2D eigenvalue weighted by Gasteiger charge is 2.37. The summed E-state index contributed by atoms with van der Waals surface area (Å²) in [6.07, 6.45) is 2.05. The first kappa shape index (κ1) is 27.5. The van der Waals surface area contributed by atoms with Crippen LogP contribution in [0.5, 0.6) is 0 Å². The standard InChI is InChI=1S/C47H35N/c1-47(2)40-24-12-11-23-38(40)45-33-18-6-5-17-32(33)39(29-41(45)47)44-34-19-7-9-21-36(34)46(37-22-10-8-20-35(37)44)48-42-25-13-3-15-30(42)27-28-31-16-4-14-26-43(31)48/h3-26,29H,27-28H2,1-2H3. The zero-order valence-electron chi connectivity index (χ0n) is 27.3. The van der Waals surface area contributed by atoms with Gasteiger partial charge in [-0.3, -0.25) is 0 Å². The van der Waals surface area contributed by atoms with Crippen LogP contribution >= 0.6 is 0 Å². The van der Waals surface area contributed by atoms with E-state index in [2.05, 4.69) is 170 Å². The van der Waals surface area contributed by atoms with E-state index in [-0.39, 0.29) is 5.41 Å². The van der Waals surface area contributed by atoms with Gasteiger partial charge < -0.3 is 4.90 Å². The van der Waals surface area contributed by atoms with Crippen molar-refractivity contribution in [2.24, 2.45) is 0 Å². The maximum atomic E-state index is 2.56. The van der Waals surface area contributed by atoms with Crippen LogP contribution in [0.25, 0.3) is 54.6 Å². The highest BCUT2D eigenvalue weighted by atomic mass is 15.2. The molecule has 1 heterocycles. The Kier molecular flexibility index (Phi) is 5.82. The van der Waals surface area contributed by atoms with Crippen LogP contribution in [-0.2, 0) is 18.3 Å². The second-order valence-corrected chi connectivity index (χ2v) is 14.0.